The number of para-hydroxylation sites is 1. The summed E-state index contributed by atoms with van der Waals surface area (Å²) in [5.41, 5.74) is -3.39. The fraction of sp³-hybridized carbons (Fsp3) is 0.412. The Morgan fingerprint density at radius 2 is 1.67 bits per heavy atom. The number of nitrogens with zero attached hydrogens (tertiary/aromatic N) is 4. The Hall–Kier alpha value is -2.36. The van der Waals surface area contributed by atoms with Gasteiger partial charge in [0.2, 0.25) is 0 Å². The van der Waals surface area contributed by atoms with E-state index < -0.39 is 29.1 Å². The van der Waals surface area contributed by atoms with Crippen molar-refractivity contribution in [3.63, 3.8) is 0 Å². The van der Waals surface area contributed by atoms with Crippen LogP contribution < -0.4 is 0 Å². The summed E-state index contributed by atoms with van der Waals surface area (Å²) >= 11 is 0. The van der Waals surface area contributed by atoms with Crippen molar-refractivity contribution in [2.45, 2.75) is 12.4 Å². The van der Waals surface area contributed by atoms with Gasteiger partial charge in [-0.3, -0.25) is 5.01 Å². The number of alkyl halides is 6. The molecule has 146 valence electrons. The molecule has 3 rings (SSSR count). The topological polar surface area (TPSA) is 31.7 Å². The molecular weight excluding hydrogens is 374 g/mol. The van der Waals surface area contributed by atoms with E-state index in [1.165, 1.54) is 12.3 Å². The molecule has 1 aromatic carbocycles. The Kier molecular flexibility index (Phi) is 5.02. The van der Waals surface area contributed by atoms with Crippen LogP contribution in [0.3, 0.4) is 0 Å². The molecular formula is C17H16F6N4. The largest absolute Gasteiger partial charge is 0.433 e. The van der Waals surface area contributed by atoms with Gasteiger partial charge in [0.05, 0.1) is 17.3 Å². The molecule has 2 aromatic rings. The van der Waals surface area contributed by atoms with Gasteiger partial charge in [0.1, 0.15) is 5.69 Å². The third kappa shape index (κ3) is 4.32. The van der Waals surface area contributed by atoms with Crippen molar-refractivity contribution in [1.82, 2.24) is 14.9 Å². The van der Waals surface area contributed by atoms with Crippen molar-refractivity contribution in [3.05, 3.63) is 41.1 Å². The third-order valence-electron chi connectivity index (χ3n) is 4.31. The van der Waals surface area contributed by atoms with Gasteiger partial charge < -0.3 is 4.90 Å². The smallest absolute Gasteiger partial charge is 0.303 e. The number of hydrogen-bond donors (Lipinski definition) is 0. The summed E-state index contributed by atoms with van der Waals surface area (Å²) in [7, 11) is 1.94. The van der Waals surface area contributed by atoms with Crippen LogP contribution in [0.4, 0.5) is 26.3 Å². The minimum Gasteiger partial charge on any atom is -0.303 e. The number of halogens is 6. The lowest BCUT2D eigenvalue weighted by atomic mass is 10.0. The highest BCUT2D eigenvalue weighted by atomic mass is 19.4. The van der Waals surface area contributed by atoms with Crippen molar-refractivity contribution in [1.29, 1.82) is 0 Å². The summed E-state index contributed by atoms with van der Waals surface area (Å²) in [4.78, 5) is 5.33. The summed E-state index contributed by atoms with van der Waals surface area (Å²) < 4.78 is 79.1. The molecule has 0 aliphatic carbocycles. The number of benzene rings is 1. The fourth-order valence-electron chi connectivity index (χ4n) is 2.81. The zero-order valence-corrected chi connectivity index (χ0v) is 14.3. The maximum absolute atomic E-state index is 13.2. The first-order valence-electron chi connectivity index (χ1n) is 8.11. The second-order valence-electron chi connectivity index (χ2n) is 6.30. The summed E-state index contributed by atoms with van der Waals surface area (Å²) in [5, 5.41) is 5.80. The van der Waals surface area contributed by atoms with Crippen LogP contribution in [0.25, 0.3) is 10.9 Å². The van der Waals surface area contributed by atoms with Crippen molar-refractivity contribution < 1.29 is 26.3 Å². The van der Waals surface area contributed by atoms with Crippen LogP contribution in [0.2, 0.25) is 0 Å². The van der Waals surface area contributed by atoms with Crippen LogP contribution in [0.15, 0.2) is 29.4 Å². The van der Waals surface area contributed by atoms with Crippen LogP contribution in [0.5, 0.6) is 0 Å². The van der Waals surface area contributed by atoms with Crippen LogP contribution in [0, 0.1) is 0 Å². The highest BCUT2D eigenvalue weighted by molar-refractivity contribution is 5.99. The monoisotopic (exact) mass is 390 g/mol. The average molecular weight is 390 g/mol. The molecule has 0 N–H and O–H groups in total. The molecule has 0 bridgehead atoms. The number of piperazine rings is 1. The lowest BCUT2D eigenvalue weighted by Gasteiger charge is -2.30. The zero-order valence-electron chi connectivity index (χ0n) is 14.3. The minimum absolute atomic E-state index is 0.0318. The average Bonchev–Trinajstić information content (AvgIpc) is 2.58. The number of rotatable bonds is 2. The molecule has 0 atom stereocenters. The van der Waals surface area contributed by atoms with Gasteiger partial charge in [-0.25, -0.2) is 4.98 Å². The molecule has 0 unspecified atom stereocenters. The molecule has 1 aromatic heterocycles. The van der Waals surface area contributed by atoms with Gasteiger partial charge in [-0.1, -0.05) is 12.1 Å². The van der Waals surface area contributed by atoms with Crippen molar-refractivity contribution in [2.75, 3.05) is 33.2 Å². The molecule has 10 heteroatoms. The molecule has 27 heavy (non-hydrogen) atoms. The van der Waals surface area contributed by atoms with E-state index in [1.807, 2.05) is 7.05 Å². The van der Waals surface area contributed by atoms with Crippen molar-refractivity contribution in [3.8, 4) is 0 Å². The Bertz CT molecular complexity index is 851. The standard InChI is InChI=1S/C17H16F6N4/c1-26-5-7-27(8-6-26)24-10-11-9-14(17(21,22)23)25-15-12(11)3-2-4-13(15)16(18,19)20/h2-4,9-10H,5-8H2,1H3/b24-10+. The van der Waals surface area contributed by atoms with Gasteiger partial charge in [-0.2, -0.15) is 31.4 Å². The SMILES string of the molecule is CN1CCN(/N=C/c2cc(C(F)(F)F)nc3c(C(F)(F)F)cccc23)CC1. The molecule has 4 nitrogen and oxygen atoms in total. The van der Waals surface area contributed by atoms with E-state index in [9.17, 15) is 26.3 Å². The molecule has 1 saturated heterocycles. The summed E-state index contributed by atoms with van der Waals surface area (Å²) in [6.45, 7) is 2.63. The van der Waals surface area contributed by atoms with Gasteiger partial charge in [0.15, 0.2) is 0 Å². The summed E-state index contributed by atoms with van der Waals surface area (Å²) in [5.74, 6) is 0. The number of hydrogen-bond acceptors (Lipinski definition) is 4. The first kappa shape index (κ1) is 19.4. The molecule has 0 radical (unpaired) electrons. The van der Waals surface area contributed by atoms with Crippen LogP contribution in [-0.4, -0.2) is 54.3 Å². The van der Waals surface area contributed by atoms with E-state index in [4.69, 9.17) is 0 Å². The van der Waals surface area contributed by atoms with E-state index in [2.05, 4.69) is 15.0 Å². The summed E-state index contributed by atoms with van der Waals surface area (Å²) in [6.07, 6.45) is -8.52. The van der Waals surface area contributed by atoms with E-state index >= 15 is 0 Å². The predicted molar refractivity (Wildman–Crippen MR) is 88.4 cm³/mol. The highest BCUT2D eigenvalue weighted by Crippen LogP contribution is 2.37. The minimum atomic E-state index is -4.87. The van der Waals surface area contributed by atoms with Crippen LogP contribution >= 0.6 is 0 Å². The number of likely N-dealkylation sites (N-methyl/N-ethyl adjacent to an activating group) is 1. The Labute approximate surface area is 151 Å². The predicted octanol–water partition coefficient (Wildman–Crippen LogP) is 3.85. The number of pyridine rings is 1. The van der Waals surface area contributed by atoms with Crippen molar-refractivity contribution >= 4 is 17.1 Å². The lowest BCUT2D eigenvalue weighted by molar-refractivity contribution is -0.142. The van der Waals surface area contributed by atoms with Gasteiger partial charge in [0, 0.05) is 37.1 Å². The van der Waals surface area contributed by atoms with E-state index in [0.29, 0.717) is 13.1 Å². The highest BCUT2D eigenvalue weighted by Gasteiger charge is 2.37. The number of aromatic nitrogens is 1. The molecule has 0 saturated carbocycles. The Balaban J connectivity index is 2.10. The molecule has 0 spiro atoms. The van der Waals surface area contributed by atoms with Gasteiger partial charge in [-0.15, -0.1) is 0 Å². The van der Waals surface area contributed by atoms with Crippen molar-refractivity contribution in [2.24, 2.45) is 5.10 Å². The second-order valence-corrected chi connectivity index (χ2v) is 6.30. The molecule has 2 heterocycles. The van der Waals surface area contributed by atoms with Crippen LogP contribution in [0.1, 0.15) is 16.8 Å². The first-order valence-corrected chi connectivity index (χ1v) is 8.11. The second kappa shape index (κ2) is 6.99. The van der Waals surface area contributed by atoms with Crippen LogP contribution in [-0.2, 0) is 12.4 Å². The van der Waals surface area contributed by atoms with Gasteiger partial charge >= 0.3 is 12.4 Å². The third-order valence-corrected chi connectivity index (χ3v) is 4.31. The molecule has 1 aliphatic heterocycles. The maximum atomic E-state index is 13.2. The van der Waals surface area contributed by atoms with E-state index in [1.54, 1.807) is 5.01 Å². The van der Waals surface area contributed by atoms with Gasteiger partial charge in [0.25, 0.3) is 0 Å². The molecule has 1 fully saturated rings. The quantitative estimate of drug-likeness (QED) is 0.577. The van der Waals surface area contributed by atoms with E-state index in [-0.39, 0.29) is 10.9 Å². The number of hydrazone groups is 1. The van der Waals surface area contributed by atoms with E-state index in [0.717, 1.165) is 31.3 Å². The first-order chi connectivity index (χ1) is 12.6. The lowest BCUT2D eigenvalue weighted by Crippen LogP contribution is -2.41. The molecule has 1 aliphatic rings. The Morgan fingerprint density at radius 1 is 1.00 bits per heavy atom. The van der Waals surface area contributed by atoms with Gasteiger partial charge in [-0.05, 0) is 19.2 Å². The zero-order chi connectivity index (χ0) is 19.8. The molecule has 0 amide bonds. The normalized spacial score (nSPS) is 17.2. The summed E-state index contributed by atoms with van der Waals surface area (Å²) in [6, 6.07) is 3.90. The number of fused-ring (bicyclic) bond motifs is 1. The Morgan fingerprint density at radius 3 is 2.26 bits per heavy atom. The maximum Gasteiger partial charge on any atom is 0.433 e. The fourth-order valence-corrected chi connectivity index (χ4v) is 2.81.